The number of aryl methyl sites for hydroxylation is 3. The summed E-state index contributed by atoms with van der Waals surface area (Å²) < 4.78 is 1.91. The summed E-state index contributed by atoms with van der Waals surface area (Å²) in [6, 6.07) is 8.04. The molecule has 2 aromatic rings. The lowest BCUT2D eigenvalue weighted by Gasteiger charge is -2.11. The SMILES string of the molecule is CCNC(=NCc1c(C)nn(C)c1C)NCCCc1ccc(Cl)cc1. The van der Waals surface area contributed by atoms with Crippen molar-refractivity contribution in [3.63, 3.8) is 0 Å². The maximum atomic E-state index is 5.92. The number of benzene rings is 1. The fourth-order valence-corrected chi connectivity index (χ4v) is 2.82. The molecule has 0 radical (unpaired) electrons. The van der Waals surface area contributed by atoms with Crippen LogP contribution < -0.4 is 10.6 Å². The van der Waals surface area contributed by atoms with Crippen molar-refractivity contribution >= 4 is 17.6 Å². The fraction of sp³-hybridized carbons (Fsp3) is 0.474. The van der Waals surface area contributed by atoms with Gasteiger partial charge in [0.05, 0.1) is 12.2 Å². The lowest BCUT2D eigenvalue weighted by molar-refractivity contribution is 0.729. The minimum atomic E-state index is 0.637. The van der Waals surface area contributed by atoms with Crippen LogP contribution in [0.1, 0.15) is 35.9 Å². The first-order chi connectivity index (χ1) is 12.0. The molecule has 0 saturated heterocycles. The van der Waals surface area contributed by atoms with E-state index in [0.29, 0.717) is 6.54 Å². The third kappa shape index (κ3) is 5.78. The Hall–Kier alpha value is -2.01. The average molecular weight is 362 g/mol. The van der Waals surface area contributed by atoms with Crippen LogP contribution in [-0.2, 0) is 20.0 Å². The van der Waals surface area contributed by atoms with E-state index in [2.05, 4.69) is 41.7 Å². The highest BCUT2D eigenvalue weighted by molar-refractivity contribution is 6.30. The van der Waals surface area contributed by atoms with Gasteiger partial charge in [-0.2, -0.15) is 5.10 Å². The highest BCUT2D eigenvalue weighted by Gasteiger charge is 2.08. The Morgan fingerprint density at radius 2 is 1.92 bits per heavy atom. The first-order valence-electron chi connectivity index (χ1n) is 8.77. The van der Waals surface area contributed by atoms with Gasteiger partial charge in [-0.05, 0) is 51.3 Å². The van der Waals surface area contributed by atoms with Crippen molar-refractivity contribution in [3.05, 3.63) is 51.8 Å². The third-order valence-corrected chi connectivity index (χ3v) is 4.50. The van der Waals surface area contributed by atoms with E-state index >= 15 is 0 Å². The normalized spacial score (nSPS) is 11.6. The Bertz CT molecular complexity index is 703. The van der Waals surface area contributed by atoms with Crippen molar-refractivity contribution in [2.45, 2.75) is 40.2 Å². The Labute approximate surface area is 155 Å². The largest absolute Gasteiger partial charge is 0.357 e. The van der Waals surface area contributed by atoms with E-state index < -0.39 is 0 Å². The molecule has 5 nitrogen and oxygen atoms in total. The molecule has 6 heteroatoms. The van der Waals surface area contributed by atoms with Gasteiger partial charge in [0, 0.05) is 36.4 Å². The quantitative estimate of drug-likeness (QED) is 0.451. The number of nitrogens with one attached hydrogen (secondary N) is 2. The summed E-state index contributed by atoms with van der Waals surface area (Å²) in [4.78, 5) is 4.70. The van der Waals surface area contributed by atoms with Crippen LogP contribution in [0.5, 0.6) is 0 Å². The van der Waals surface area contributed by atoms with E-state index in [1.807, 2.05) is 30.8 Å². The molecule has 0 aliphatic carbocycles. The van der Waals surface area contributed by atoms with Crippen molar-refractivity contribution in [3.8, 4) is 0 Å². The van der Waals surface area contributed by atoms with E-state index in [1.54, 1.807) is 0 Å². The van der Waals surface area contributed by atoms with Crippen LogP contribution in [0.25, 0.3) is 0 Å². The Morgan fingerprint density at radius 3 is 2.52 bits per heavy atom. The lowest BCUT2D eigenvalue weighted by Crippen LogP contribution is -2.37. The first-order valence-corrected chi connectivity index (χ1v) is 9.14. The first kappa shape index (κ1) is 19.3. The molecule has 0 spiro atoms. The molecule has 0 saturated carbocycles. The number of halogens is 1. The molecule has 0 bridgehead atoms. The van der Waals surface area contributed by atoms with Crippen LogP contribution >= 0.6 is 11.6 Å². The predicted molar refractivity (Wildman–Crippen MR) is 105 cm³/mol. The highest BCUT2D eigenvalue weighted by Crippen LogP contribution is 2.13. The zero-order valence-electron chi connectivity index (χ0n) is 15.6. The van der Waals surface area contributed by atoms with Crippen molar-refractivity contribution in [1.29, 1.82) is 0 Å². The zero-order valence-corrected chi connectivity index (χ0v) is 16.3. The maximum absolute atomic E-state index is 5.92. The van der Waals surface area contributed by atoms with Crippen LogP contribution in [0.4, 0.5) is 0 Å². The Morgan fingerprint density at radius 1 is 1.20 bits per heavy atom. The van der Waals surface area contributed by atoms with Gasteiger partial charge >= 0.3 is 0 Å². The summed E-state index contributed by atoms with van der Waals surface area (Å²) in [5.74, 6) is 0.848. The number of guanidine groups is 1. The summed E-state index contributed by atoms with van der Waals surface area (Å²) in [5.41, 5.74) is 4.71. The Balaban J connectivity index is 1.86. The molecule has 0 aliphatic heterocycles. The Kier molecular flexibility index (Phi) is 7.31. The highest BCUT2D eigenvalue weighted by atomic mass is 35.5. The molecular formula is C19H28ClN5. The molecular weight excluding hydrogens is 334 g/mol. The maximum Gasteiger partial charge on any atom is 0.191 e. The minimum Gasteiger partial charge on any atom is -0.357 e. The second-order valence-electron chi connectivity index (χ2n) is 6.12. The second-order valence-corrected chi connectivity index (χ2v) is 6.56. The van der Waals surface area contributed by atoms with Crippen LogP contribution in [0.3, 0.4) is 0 Å². The van der Waals surface area contributed by atoms with Crippen molar-refractivity contribution < 1.29 is 0 Å². The van der Waals surface area contributed by atoms with Crippen molar-refractivity contribution in [2.24, 2.45) is 12.0 Å². The van der Waals surface area contributed by atoms with Gasteiger partial charge in [0.15, 0.2) is 5.96 Å². The number of nitrogens with zero attached hydrogens (tertiary/aromatic N) is 3. The van der Waals surface area contributed by atoms with E-state index in [9.17, 15) is 0 Å². The van der Waals surface area contributed by atoms with Gasteiger partial charge in [0.1, 0.15) is 0 Å². The van der Waals surface area contributed by atoms with Gasteiger partial charge in [0.25, 0.3) is 0 Å². The molecule has 0 unspecified atom stereocenters. The number of hydrogen-bond acceptors (Lipinski definition) is 2. The van der Waals surface area contributed by atoms with E-state index in [1.165, 1.54) is 16.8 Å². The van der Waals surface area contributed by atoms with E-state index in [4.69, 9.17) is 16.6 Å². The smallest absolute Gasteiger partial charge is 0.191 e. The summed E-state index contributed by atoms with van der Waals surface area (Å²) in [7, 11) is 1.97. The van der Waals surface area contributed by atoms with Crippen LogP contribution in [0, 0.1) is 13.8 Å². The van der Waals surface area contributed by atoms with Gasteiger partial charge in [0.2, 0.25) is 0 Å². The average Bonchev–Trinajstić information content (AvgIpc) is 2.83. The molecule has 1 aromatic heterocycles. The van der Waals surface area contributed by atoms with Gasteiger partial charge < -0.3 is 10.6 Å². The van der Waals surface area contributed by atoms with E-state index in [-0.39, 0.29) is 0 Å². The molecule has 0 amide bonds. The topological polar surface area (TPSA) is 54.2 Å². The van der Waals surface area contributed by atoms with Gasteiger partial charge in [-0.15, -0.1) is 0 Å². The van der Waals surface area contributed by atoms with Gasteiger partial charge in [-0.1, -0.05) is 23.7 Å². The second kappa shape index (κ2) is 9.47. The van der Waals surface area contributed by atoms with Crippen LogP contribution in [-0.4, -0.2) is 28.8 Å². The molecule has 136 valence electrons. The molecule has 2 N–H and O–H groups in total. The molecule has 0 atom stereocenters. The van der Waals surface area contributed by atoms with Crippen molar-refractivity contribution in [1.82, 2.24) is 20.4 Å². The molecule has 0 aliphatic rings. The predicted octanol–water partition coefficient (Wildman–Crippen LogP) is 3.38. The minimum absolute atomic E-state index is 0.637. The molecule has 1 aromatic carbocycles. The molecule has 2 rings (SSSR count). The monoisotopic (exact) mass is 361 g/mol. The standard InChI is InChI=1S/C19H28ClN5/c1-5-21-19(23-13-18-14(2)24-25(4)15(18)3)22-12-6-7-16-8-10-17(20)11-9-16/h8-11H,5-7,12-13H2,1-4H3,(H2,21,22,23). The number of hydrogen-bond donors (Lipinski definition) is 2. The molecule has 1 heterocycles. The van der Waals surface area contributed by atoms with Gasteiger partial charge in [-0.25, -0.2) is 4.99 Å². The van der Waals surface area contributed by atoms with Crippen molar-refractivity contribution in [2.75, 3.05) is 13.1 Å². The van der Waals surface area contributed by atoms with Gasteiger partial charge in [-0.3, -0.25) is 4.68 Å². The van der Waals surface area contributed by atoms with Crippen LogP contribution in [0.2, 0.25) is 5.02 Å². The van der Waals surface area contributed by atoms with E-state index in [0.717, 1.165) is 42.6 Å². The summed E-state index contributed by atoms with van der Waals surface area (Å²) in [6.07, 6.45) is 2.06. The number of aliphatic imine (C=N–C) groups is 1. The fourth-order valence-electron chi connectivity index (χ4n) is 2.70. The zero-order chi connectivity index (χ0) is 18.2. The summed E-state index contributed by atoms with van der Waals surface area (Å²) in [5, 5.41) is 11.9. The lowest BCUT2D eigenvalue weighted by atomic mass is 10.1. The third-order valence-electron chi connectivity index (χ3n) is 4.25. The number of aromatic nitrogens is 2. The molecule has 0 fully saturated rings. The van der Waals surface area contributed by atoms with Crippen LogP contribution in [0.15, 0.2) is 29.3 Å². The number of rotatable bonds is 7. The molecule has 25 heavy (non-hydrogen) atoms. The summed E-state index contributed by atoms with van der Waals surface area (Å²) in [6.45, 7) is 8.54. The summed E-state index contributed by atoms with van der Waals surface area (Å²) >= 11 is 5.92.